The molecule has 0 unspecified atom stereocenters. The van der Waals surface area contributed by atoms with Gasteiger partial charge in [-0.15, -0.1) is 0 Å². The molecule has 0 aliphatic carbocycles. The van der Waals surface area contributed by atoms with Gasteiger partial charge in [-0.3, -0.25) is 4.63 Å². The fourth-order valence-corrected chi connectivity index (χ4v) is 2.65. The second-order valence-electron chi connectivity index (χ2n) is 5.27. The van der Waals surface area contributed by atoms with Crippen LogP contribution in [0, 0.1) is 5.21 Å². The molecule has 0 aliphatic heterocycles. The molecule has 0 saturated heterocycles. The van der Waals surface area contributed by atoms with E-state index in [2.05, 4.69) is 5.16 Å². The molecule has 0 spiro atoms. The molecule has 0 bridgehead atoms. The van der Waals surface area contributed by atoms with Crippen LogP contribution in [-0.2, 0) is 0 Å². The van der Waals surface area contributed by atoms with E-state index in [1.807, 2.05) is 0 Å². The van der Waals surface area contributed by atoms with Crippen molar-refractivity contribution in [2.75, 3.05) is 28.4 Å². The Kier molecular flexibility index (Phi) is 4.83. The molecule has 26 heavy (non-hydrogen) atoms. The normalized spacial score (nSPS) is 10.5. The SMILES string of the molecule is COc1ccc(-c2no[n+]([O-])c2-c2cc(OC)c(OC)c(OC)c2)cc1. The average molecular weight is 358 g/mol. The van der Waals surface area contributed by atoms with Gasteiger partial charge in [0.2, 0.25) is 11.4 Å². The highest BCUT2D eigenvalue weighted by molar-refractivity contribution is 5.78. The molecule has 1 heterocycles. The Labute approximate surface area is 150 Å². The van der Waals surface area contributed by atoms with Crippen molar-refractivity contribution in [2.45, 2.75) is 0 Å². The maximum atomic E-state index is 12.2. The highest BCUT2D eigenvalue weighted by Crippen LogP contribution is 2.42. The van der Waals surface area contributed by atoms with Gasteiger partial charge in [0.05, 0.1) is 28.4 Å². The summed E-state index contributed by atoms with van der Waals surface area (Å²) in [5, 5.41) is 16.1. The highest BCUT2D eigenvalue weighted by atomic mass is 16.8. The second-order valence-corrected chi connectivity index (χ2v) is 5.27. The van der Waals surface area contributed by atoms with E-state index in [1.165, 1.54) is 21.3 Å². The van der Waals surface area contributed by atoms with Gasteiger partial charge in [-0.05, 0) is 41.3 Å². The number of ether oxygens (including phenoxy) is 4. The topological polar surface area (TPSA) is 89.9 Å². The van der Waals surface area contributed by atoms with Crippen LogP contribution in [0.1, 0.15) is 0 Å². The molecular weight excluding hydrogens is 340 g/mol. The highest BCUT2D eigenvalue weighted by Gasteiger charge is 2.26. The molecule has 0 amide bonds. The number of nitrogens with zero attached hydrogens (tertiary/aromatic N) is 2. The Morgan fingerprint density at radius 3 is 1.96 bits per heavy atom. The van der Waals surface area contributed by atoms with Gasteiger partial charge in [-0.2, -0.15) is 0 Å². The monoisotopic (exact) mass is 358 g/mol. The summed E-state index contributed by atoms with van der Waals surface area (Å²) in [7, 11) is 6.10. The van der Waals surface area contributed by atoms with Gasteiger partial charge < -0.3 is 24.2 Å². The van der Waals surface area contributed by atoms with Crippen LogP contribution in [0.25, 0.3) is 22.5 Å². The van der Waals surface area contributed by atoms with Crippen LogP contribution in [0.3, 0.4) is 0 Å². The number of methoxy groups -OCH3 is 4. The van der Waals surface area contributed by atoms with Crippen LogP contribution < -0.4 is 23.9 Å². The Balaban J connectivity index is 2.17. The largest absolute Gasteiger partial charge is 0.497 e. The fraction of sp³-hybridized carbons (Fsp3) is 0.222. The van der Waals surface area contributed by atoms with Crippen LogP contribution in [0.4, 0.5) is 0 Å². The van der Waals surface area contributed by atoms with E-state index in [0.717, 1.165) is 0 Å². The zero-order chi connectivity index (χ0) is 18.7. The standard InChI is InChI=1S/C18H18N2O6/c1-22-13-7-5-11(6-8-13)16-17(20(21)26-19-16)12-9-14(23-2)18(25-4)15(10-12)24-3/h5-10H,1-4H3. The first-order chi connectivity index (χ1) is 12.6. The fourth-order valence-electron chi connectivity index (χ4n) is 2.65. The van der Waals surface area contributed by atoms with Gasteiger partial charge in [0.15, 0.2) is 11.5 Å². The Morgan fingerprint density at radius 2 is 1.46 bits per heavy atom. The van der Waals surface area contributed by atoms with E-state index in [-0.39, 0.29) is 5.69 Å². The van der Waals surface area contributed by atoms with Gasteiger partial charge in [0.25, 0.3) is 5.69 Å². The van der Waals surface area contributed by atoms with Crippen molar-refractivity contribution in [3.63, 3.8) is 0 Å². The lowest BCUT2D eigenvalue weighted by molar-refractivity contribution is -0.793. The van der Waals surface area contributed by atoms with Crippen molar-refractivity contribution >= 4 is 0 Å². The van der Waals surface area contributed by atoms with Crippen LogP contribution >= 0.6 is 0 Å². The number of benzene rings is 2. The molecule has 3 aromatic rings. The van der Waals surface area contributed by atoms with Crippen LogP contribution in [0.5, 0.6) is 23.0 Å². The van der Waals surface area contributed by atoms with Gasteiger partial charge >= 0.3 is 0 Å². The van der Waals surface area contributed by atoms with Crippen molar-refractivity contribution in [2.24, 2.45) is 0 Å². The minimum Gasteiger partial charge on any atom is -0.497 e. The molecule has 2 aromatic carbocycles. The number of aromatic nitrogens is 2. The molecule has 3 rings (SSSR count). The summed E-state index contributed by atoms with van der Waals surface area (Å²) in [6, 6.07) is 10.5. The van der Waals surface area contributed by atoms with E-state index < -0.39 is 0 Å². The predicted octanol–water partition coefficient (Wildman–Crippen LogP) is 2.68. The molecule has 0 radical (unpaired) electrons. The van der Waals surface area contributed by atoms with Crippen molar-refractivity contribution in [1.29, 1.82) is 0 Å². The third-order valence-electron chi connectivity index (χ3n) is 3.91. The van der Waals surface area contributed by atoms with E-state index in [4.69, 9.17) is 23.6 Å². The summed E-state index contributed by atoms with van der Waals surface area (Å²) in [6.07, 6.45) is 0. The van der Waals surface area contributed by atoms with Crippen molar-refractivity contribution in [3.05, 3.63) is 41.6 Å². The lowest BCUT2D eigenvalue weighted by Crippen LogP contribution is -2.25. The summed E-state index contributed by atoms with van der Waals surface area (Å²) in [5.74, 6) is 1.97. The number of hydrogen-bond acceptors (Lipinski definition) is 7. The minimum absolute atomic E-state index is 0.231. The summed E-state index contributed by atoms with van der Waals surface area (Å²) in [4.78, 5) is 0.347. The maximum absolute atomic E-state index is 12.2. The molecule has 8 heteroatoms. The maximum Gasteiger partial charge on any atom is 0.256 e. The van der Waals surface area contributed by atoms with E-state index in [1.54, 1.807) is 43.5 Å². The molecule has 0 atom stereocenters. The summed E-state index contributed by atoms with van der Waals surface area (Å²) < 4.78 is 26.0. The molecule has 1 aromatic heterocycles. The van der Waals surface area contributed by atoms with Crippen molar-refractivity contribution in [3.8, 4) is 45.5 Å². The van der Waals surface area contributed by atoms with E-state index in [0.29, 0.717) is 44.7 Å². The molecule has 136 valence electrons. The van der Waals surface area contributed by atoms with Crippen LogP contribution in [-0.4, -0.2) is 33.6 Å². The molecule has 0 aliphatic rings. The first-order valence-electron chi connectivity index (χ1n) is 7.67. The molecule has 0 fully saturated rings. The molecule has 0 saturated carbocycles. The third-order valence-corrected chi connectivity index (χ3v) is 3.91. The second kappa shape index (κ2) is 7.22. The Hall–Kier alpha value is -3.42. The summed E-state index contributed by atoms with van der Waals surface area (Å²) in [6.45, 7) is 0. The smallest absolute Gasteiger partial charge is 0.256 e. The van der Waals surface area contributed by atoms with Crippen LogP contribution in [0.2, 0.25) is 0 Å². The Bertz CT molecular complexity index is 880. The van der Waals surface area contributed by atoms with E-state index in [9.17, 15) is 5.21 Å². The molecule has 8 nitrogen and oxygen atoms in total. The lowest BCUT2D eigenvalue weighted by atomic mass is 10.0. The Morgan fingerprint density at radius 1 is 0.846 bits per heavy atom. The van der Waals surface area contributed by atoms with Crippen molar-refractivity contribution in [1.82, 2.24) is 5.16 Å². The van der Waals surface area contributed by atoms with Gasteiger partial charge in [-0.1, -0.05) is 0 Å². The first-order valence-corrected chi connectivity index (χ1v) is 7.67. The van der Waals surface area contributed by atoms with E-state index >= 15 is 0 Å². The average Bonchev–Trinajstić information content (AvgIpc) is 3.08. The molecule has 0 N–H and O–H groups in total. The zero-order valence-electron chi connectivity index (χ0n) is 14.8. The van der Waals surface area contributed by atoms with Gasteiger partial charge in [-0.25, -0.2) is 0 Å². The molecular formula is C18H18N2O6. The predicted molar refractivity (Wildman–Crippen MR) is 92.5 cm³/mol. The minimum atomic E-state index is 0.231. The zero-order valence-corrected chi connectivity index (χ0v) is 14.8. The lowest BCUT2D eigenvalue weighted by Gasteiger charge is -2.13. The van der Waals surface area contributed by atoms with Crippen LogP contribution in [0.15, 0.2) is 41.0 Å². The summed E-state index contributed by atoms with van der Waals surface area (Å²) >= 11 is 0. The third kappa shape index (κ3) is 2.97. The quantitative estimate of drug-likeness (QED) is 0.626. The number of rotatable bonds is 6. The van der Waals surface area contributed by atoms with Crippen molar-refractivity contribution < 1.29 is 28.5 Å². The first kappa shape index (κ1) is 17.4. The number of hydrogen-bond donors (Lipinski definition) is 0. The summed E-state index contributed by atoms with van der Waals surface area (Å²) in [5.41, 5.74) is 1.83. The van der Waals surface area contributed by atoms with Gasteiger partial charge in [0, 0.05) is 16.3 Å². The van der Waals surface area contributed by atoms with Gasteiger partial charge in [0.1, 0.15) is 5.75 Å².